The normalized spacial score (nSPS) is 24.1. The molecule has 18 heavy (non-hydrogen) atoms. The fraction of sp³-hybridized carbons (Fsp3) is 0.667. The summed E-state index contributed by atoms with van der Waals surface area (Å²) >= 11 is 0. The van der Waals surface area contributed by atoms with Gasteiger partial charge in [-0.2, -0.15) is 0 Å². The molecule has 2 rings (SSSR count). The van der Waals surface area contributed by atoms with Gasteiger partial charge in [0.15, 0.2) is 0 Å². The molecule has 0 saturated carbocycles. The van der Waals surface area contributed by atoms with Crippen LogP contribution in [0.15, 0.2) is 24.0 Å². The predicted octanol–water partition coefficient (Wildman–Crippen LogP) is 2.54. The Bertz CT molecular complexity index is 406. The molecule has 0 unspecified atom stereocenters. The molecule has 1 aliphatic rings. The van der Waals surface area contributed by atoms with E-state index in [0.717, 1.165) is 37.2 Å². The van der Waals surface area contributed by atoms with Crippen molar-refractivity contribution in [2.24, 2.45) is 18.9 Å². The minimum atomic E-state index is 0.722. The zero-order valence-corrected chi connectivity index (χ0v) is 11.8. The Hall–Kier alpha value is -1.09. The molecule has 0 aliphatic heterocycles. The van der Waals surface area contributed by atoms with E-state index in [1.54, 1.807) is 5.57 Å². The summed E-state index contributed by atoms with van der Waals surface area (Å²) in [5.41, 5.74) is 1.57. The van der Waals surface area contributed by atoms with Crippen molar-refractivity contribution < 1.29 is 0 Å². The van der Waals surface area contributed by atoms with E-state index in [1.807, 2.05) is 12.4 Å². The van der Waals surface area contributed by atoms with Crippen LogP contribution in [-0.4, -0.2) is 22.6 Å². The Morgan fingerprint density at radius 2 is 2.33 bits per heavy atom. The van der Waals surface area contributed by atoms with Gasteiger partial charge in [0.05, 0.1) is 0 Å². The average molecular weight is 247 g/mol. The number of nitrogens with zero attached hydrogens (tertiary/aromatic N) is 2. The molecule has 1 N–H and O–H groups in total. The molecule has 3 heteroatoms. The fourth-order valence-corrected chi connectivity index (χ4v) is 2.83. The molecule has 3 nitrogen and oxygen atoms in total. The predicted molar refractivity (Wildman–Crippen MR) is 75.4 cm³/mol. The minimum Gasteiger partial charge on any atom is -0.338 e. The second kappa shape index (κ2) is 6.19. The average Bonchev–Trinajstić information content (AvgIpc) is 2.73. The van der Waals surface area contributed by atoms with Gasteiger partial charge in [-0.3, -0.25) is 0 Å². The summed E-state index contributed by atoms with van der Waals surface area (Å²) in [6, 6.07) is 0. The third kappa shape index (κ3) is 3.22. The molecular formula is C15H25N3. The van der Waals surface area contributed by atoms with Gasteiger partial charge in [-0.25, -0.2) is 4.98 Å². The lowest BCUT2D eigenvalue weighted by molar-refractivity contribution is 0.351. The Kier molecular flexibility index (Phi) is 4.59. The van der Waals surface area contributed by atoms with Gasteiger partial charge in [-0.1, -0.05) is 18.6 Å². The van der Waals surface area contributed by atoms with Crippen LogP contribution < -0.4 is 5.32 Å². The van der Waals surface area contributed by atoms with Crippen LogP contribution in [0.3, 0.4) is 0 Å². The van der Waals surface area contributed by atoms with Crippen molar-refractivity contribution in [1.29, 1.82) is 0 Å². The second-order valence-electron chi connectivity index (χ2n) is 5.52. The van der Waals surface area contributed by atoms with E-state index in [9.17, 15) is 0 Å². The number of hydrogen-bond acceptors (Lipinski definition) is 2. The minimum absolute atomic E-state index is 0.722. The van der Waals surface area contributed by atoms with Gasteiger partial charge in [0, 0.05) is 39.0 Å². The standard InChI is InChI=1S/C15H25N3/c1-12-5-4-6-13(2)14(12)11-16-8-7-15-17-9-10-18(15)3/h5,9-10,13-14,16H,4,6-8,11H2,1-3H3/t13-,14-/m0/s1. The van der Waals surface area contributed by atoms with Gasteiger partial charge in [0.25, 0.3) is 0 Å². The Morgan fingerprint density at radius 1 is 1.50 bits per heavy atom. The van der Waals surface area contributed by atoms with Crippen LogP contribution in [0.4, 0.5) is 0 Å². The first-order valence-electron chi connectivity index (χ1n) is 7.02. The van der Waals surface area contributed by atoms with Gasteiger partial charge >= 0.3 is 0 Å². The zero-order valence-electron chi connectivity index (χ0n) is 11.8. The zero-order chi connectivity index (χ0) is 13.0. The molecule has 2 atom stereocenters. The third-order valence-corrected chi connectivity index (χ3v) is 4.17. The number of aromatic nitrogens is 2. The van der Waals surface area contributed by atoms with Crippen LogP contribution in [0.2, 0.25) is 0 Å². The SMILES string of the molecule is CC1=CCC[C@H](C)[C@H]1CNCCc1nccn1C. The monoisotopic (exact) mass is 247 g/mol. The summed E-state index contributed by atoms with van der Waals surface area (Å²) in [5, 5.41) is 3.59. The first kappa shape index (κ1) is 13.3. The van der Waals surface area contributed by atoms with Crippen LogP contribution in [0, 0.1) is 11.8 Å². The lowest BCUT2D eigenvalue weighted by Crippen LogP contribution is -2.31. The first-order chi connectivity index (χ1) is 8.68. The van der Waals surface area contributed by atoms with Crippen LogP contribution in [0.1, 0.15) is 32.5 Å². The summed E-state index contributed by atoms with van der Waals surface area (Å²) in [4.78, 5) is 4.34. The molecule has 0 saturated heterocycles. The number of aryl methyl sites for hydroxylation is 1. The van der Waals surface area contributed by atoms with Gasteiger partial charge < -0.3 is 9.88 Å². The Balaban J connectivity index is 1.74. The number of hydrogen-bond donors (Lipinski definition) is 1. The highest BCUT2D eigenvalue weighted by molar-refractivity contribution is 5.09. The van der Waals surface area contributed by atoms with Gasteiger partial charge in [-0.05, 0) is 31.6 Å². The molecule has 100 valence electrons. The number of imidazole rings is 1. The van der Waals surface area contributed by atoms with E-state index >= 15 is 0 Å². The van der Waals surface area contributed by atoms with Crippen molar-refractivity contribution in [3.8, 4) is 0 Å². The molecule has 0 radical (unpaired) electrons. The molecular weight excluding hydrogens is 222 g/mol. The number of allylic oxidation sites excluding steroid dienone is 1. The molecule has 1 aromatic heterocycles. The van der Waals surface area contributed by atoms with E-state index in [2.05, 4.69) is 41.8 Å². The number of nitrogens with one attached hydrogen (secondary N) is 1. The lowest BCUT2D eigenvalue weighted by atomic mass is 9.80. The molecule has 1 heterocycles. The topological polar surface area (TPSA) is 29.9 Å². The Labute approximate surface area is 110 Å². The highest BCUT2D eigenvalue weighted by Crippen LogP contribution is 2.29. The van der Waals surface area contributed by atoms with Gasteiger partial charge in [0.1, 0.15) is 5.82 Å². The van der Waals surface area contributed by atoms with E-state index in [0.29, 0.717) is 0 Å². The van der Waals surface area contributed by atoms with E-state index in [-0.39, 0.29) is 0 Å². The first-order valence-corrected chi connectivity index (χ1v) is 7.02. The second-order valence-corrected chi connectivity index (χ2v) is 5.52. The van der Waals surface area contributed by atoms with E-state index in [1.165, 1.54) is 12.8 Å². The van der Waals surface area contributed by atoms with E-state index < -0.39 is 0 Å². The molecule has 0 amide bonds. The number of rotatable bonds is 5. The van der Waals surface area contributed by atoms with Crippen LogP contribution >= 0.6 is 0 Å². The van der Waals surface area contributed by atoms with Crippen molar-refractivity contribution in [3.05, 3.63) is 29.9 Å². The highest BCUT2D eigenvalue weighted by atomic mass is 15.0. The molecule has 0 bridgehead atoms. The summed E-state index contributed by atoms with van der Waals surface area (Å²) in [7, 11) is 2.05. The summed E-state index contributed by atoms with van der Waals surface area (Å²) in [6.07, 6.45) is 9.88. The smallest absolute Gasteiger partial charge is 0.109 e. The van der Waals surface area contributed by atoms with Crippen LogP contribution in [0.25, 0.3) is 0 Å². The maximum Gasteiger partial charge on any atom is 0.109 e. The lowest BCUT2D eigenvalue weighted by Gasteiger charge is -2.29. The quantitative estimate of drug-likeness (QED) is 0.640. The van der Waals surface area contributed by atoms with E-state index in [4.69, 9.17) is 0 Å². The molecule has 0 aromatic carbocycles. The summed E-state index contributed by atoms with van der Waals surface area (Å²) in [6.45, 7) is 6.78. The summed E-state index contributed by atoms with van der Waals surface area (Å²) < 4.78 is 2.09. The largest absolute Gasteiger partial charge is 0.338 e. The van der Waals surface area contributed by atoms with Crippen LogP contribution in [0.5, 0.6) is 0 Å². The molecule has 0 spiro atoms. The third-order valence-electron chi connectivity index (χ3n) is 4.17. The summed E-state index contributed by atoms with van der Waals surface area (Å²) in [5.74, 6) is 2.70. The van der Waals surface area contributed by atoms with Crippen LogP contribution in [-0.2, 0) is 13.5 Å². The van der Waals surface area contributed by atoms with Gasteiger partial charge in [-0.15, -0.1) is 0 Å². The maximum atomic E-state index is 4.34. The Morgan fingerprint density at radius 3 is 3.00 bits per heavy atom. The molecule has 1 aliphatic carbocycles. The highest BCUT2D eigenvalue weighted by Gasteiger charge is 2.21. The van der Waals surface area contributed by atoms with Crippen molar-refractivity contribution in [3.63, 3.8) is 0 Å². The fourth-order valence-electron chi connectivity index (χ4n) is 2.83. The van der Waals surface area contributed by atoms with Crippen molar-refractivity contribution in [2.45, 2.75) is 33.1 Å². The van der Waals surface area contributed by atoms with Gasteiger partial charge in [0.2, 0.25) is 0 Å². The molecule has 0 fully saturated rings. The van der Waals surface area contributed by atoms with Crippen molar-refractivity contribution >= 4 is 0 Å². The van der Waals surface area contributed by atoms with Crippen molar-refractivity contribution in [2.75, 3.05) is 13.1 Å². The maximum absolute atomic E-state index is 4.34. The van der Waals surface area contributed by atoms with Crippen molar-refractivity contribution in [1.82, 2.24) is 14.9 Å². The molecule has 1 aromatic rings.